The standard InChI is InChI=1S/C14H20N2O4/c1-9-7-12(17)13(18)11(8-15-5-3-4-6-15)16(9)10(2)14(19)20/h7,10,18H,3-6,8H2,1-2H3,(H,19,20). The van der Waals surface area contributed by atoms with E-state index in [-0.39, 0.29) is 5.75 Å². The lowest BCUT2D eigenvalue weighted by Crippen LogP contribution is -2.28. The molecule has 20 heavy (non-hydrogen) atoms. The molecule has 110 valence electrons. The van der Waals surface area contributed by atoms with Crippen molar-refractivity contribution in [1.82, 2.24) is 9.47 Å². The highest BCUT2D eigenvalue weighted by molar-refractivity contribution is 5.71. The summed E-state index contributed by atoms with van der Waals surface area (Å²) < 4.78 is 1.54. The lowest BCUT2D eigenvalue weighted by Gasteiger charge is -2.24. The molecule has 1 fully saturated rings. The zero-order valence-electron chi connectivity index (χ0n) is 11.8. The number of aromatic hydroxyl groups is 1. The number of aliphatic carboxylic acids is 1. The SMILES string of the molecule is Cc1cc(=O)c(O)c(CN2CCCC2)n1C(C)C(=O)O. The first kappa shape index (κ1) is 14.6. The summed E-state index contributed by atoms with van der Waals surface area (Å²) >= 11 is 0. The second-order valence-electron chi connectivity index (χ2n) is 5.31. The van der Waals surface area contributed by atoms with Crippen molar-refractivity contribution >= 4 is 5.97 Å². The quantitative estimate of drug-likeness (QED) is 0.863. The molecule has 6 nitrogen and oxygen atoms in total. The number of carbonyl (C=O) groups is 1. The molecule has 1 aliphatic heterocycles. The number of aryl methyl sites for hydroxylation is 1. The van der Waals surface area contributed by atoms with Crippen LogP contribution in [0.1, 0.15) is 37.2 Å². The predicted octanol–water partition coefficient (Wildman–Crippen LogP) is 1.10. The Morgan fingerprint density at radius 2 is 2.00 bits per heavy atom. The van der Waals surface area contributed by atoms with Gasteiger partial charge < -0.3 is 14.8 Å². The van der Waals surface area contributed by atoms with Gasteiger partial charge >= 0.3 is 5.97 Å². The predicted molar refractivity (Wildman–Crippen MR) is 74.0 cm³/mol. The van der Waals surface area contributed by atoms with Crippen LogP contribution in [0.2, 0.25) is 0 Å². The van der Waals surface area contributed by atoms with Crippen molar-refractivity contribution in [2.45, 2.75) is 39.3 Å². The lowest BCUT2D eigenvalue weighted by atomic mass is 10.2. The van der Waals surface area contributed by atoms with Crippen LogP contribution >= 0.6 is 0 Å². The second kappa shape index (κ2) is 5.66. The average molecular weight is 280 g/mol. The Morgan fingerprint density at radius 3 is 2.55 bits per heavy atom. The van der Waals surface area contributed by atoms with Gasteiger partial charge in [0.25, 0.3) is 0 Å². The van der Waals surface area contributed by atoms with Gasteiger partial charge in [0.2, 0.25) is 5.43 Å². The van der Waals surface area contributed by atoms with Gasteiger partial charge in [0.05, 0.1) is 5.69 Å². The van der Waals surface area contributed by atoms with E-state index in [1.165, 1.54) is 10.6 Å². The molecule has 0 saturated carbocycles. The molecule has 0 aromatic carbocycles. The number of likely N-dealkylation sites (tertiary alicyclic amines) is 1. The minimum Gasteiger partial charge on any atom is -0.503 e. The van der Waals surface area contributed by atoms with Crippen LogP contribution in [0.3, 0.4) is 0 Å². The first-order valence-electron chi connectivity index (χ1n) is 6.81. The van der Waals surface area contributed by atoms with Crippen LogP contribution in [-0.2, 0) is 11.3 Å². The number of carboxylic acid groups (broad SMARTS) is 1. The van der Waals surface area contributed by atoms with E-state index in [0.29, 0.717) is 17.9 Å². The first-order valence-corrected chi connectivity index (χ1v) is 6.81. The minimum atomic E-state index is -0.987. The van der Waals surface area contributed by atoms with Crippen molar-refractivity contribution in [3.05, 3.63) is 27.7 Å². The largest absolute Gasteiger partial charge is 0.503 e. The zero-order valence-corrected chi connectivity index (χ0v) is 11.8. The van der Waals surface area contributed by atoms with Crippen LogP contribution in [0.25, 0.3) is 0 Å². The third kappa shape index (κ3) is 2.70. The normalized spacial score (nSPS) is 17.3. The second-order valence-corrected chi connectivity index (χ2v) is 5.31. The molecule has 2 N–H and O–H groups in total. The molecule has 1 aromatic rings. The summed E-state index contributed by atoms with van der Waals surface area (Å²) in [5.74, 6) is -1.32. The molecule has 0 amide bonds. The number of rotatable bonds is 4. The fourth-order valence-electron chi connectivity index (χ4n) is 2.75. The van der Waals surface area contributed by atoms with Crippen molar-refractivity contribution in [3.8, 4) is 5.75 Å². The van der Waals surface area contributed by atoms with E-state index in [1.54, 1.807) is 13.8 Å². The molecular weight excluding hydrogens is 260 g/mol. The van der Waals surface area contributed by atoms with E-state index in [2.05, 4.69) is 4.90 Å². The Labute approximate surface area is 117 Å². The lowest BCUT2D eigenvalue weighted by molar-refractivity contribution is -0.140. The van der Waals surface area contributed by atoms with E-state index in [4.69, 9.17) is 0 Å². The van der Waals surface area contributed by atoms with Gasteiger partial charge in [-0.15, -0.1) is 0 Å². The van der Waals surface area contributed by atoms with Gasteiger partial charge in [-0.2, -0.15) is 0 Å². The summed E-state index contributed by atoms with van der Waals surface area (Å²) in [6.07, 6.45) is 2.18. The molecule has 2 rings (SSSR count). The Morgan fingerprint density at radius 1 is 1.40 bits per heavy atom. The molecule has 1 unspecified atom stereocenters. The summed E-state index contributed by atoms with van der Waals surface area (Å²) in [6.45, 7) is 5.45. The van der Waals surface area contributed by atoms with E-state index < -0.39 is 17.4 Å². The van der Waals surface area contributed by atoms with Gasteiger partial charge in [-0.25, -0.2) is 4.79 Å². The number of hydrogen-bond donors (Lipinski definition) is 2. The zero-order chi connectivity index (χ0) is 14.9. The van der Waals surface area contributed by atoms with Crippen LogP contribution in [0.15, 0.2) is 10.9 Å². The number of aromatic nitrogens is 1. The third-order valence-corrected chi connectivity index (χ3v) is 3.83. The molecule has 0 spiro atoms. The van der Waals surface area contributed by atoms with Gasteiger partial charge in [0.15, 0.2) is 5.75 Å². The van der Waals surface area contributed by atoms with Gasteiger partial charge in [0, 0.05) is 18.3 Å². The van der Waals surface area contributed by atoms with Gasteiger partial charge in [-0.05, 0) is 39.8 Å². The summed E-state index contributed by atoms with van der Waals surface area (Å²) in [7, 11) is 0. The van der Waals surface area contributed by atoms with Crippen LogP contribution in [0, 0.1) is 6.92 Å². The maximum Gasteiger partial charge on any atom is 0.326 e. The van der Waals surface area contributed by atoms with Gasteiger partial charge in [-0.1, -0.05) is 0 Å². The molecular formula is C14H20N2O4. The fourth-order valence-corrected chi connectivity index (χ4v) is 2.75. The van der Waals surface area contributed by atoms with E-state index in [1.807, 2.05) is 0 Å². The highest BCUT2D eigenvalue weighted by Crippen LogP contribution is 2.23. The number of pyridine rings is 1. The highest BCUT2D eigenvalue weighted by Gasteiger charge is 2.24. The monoisotopic (exact) mass is 280 g/mol. The number of hydrogen-bond acceptors (Lipinski definition) is 4. The van der Waals surface area contributed by atoms with Crippen molar-refractivity contribution in [2.75, 3.05) is 13.1 Å². The summed E-state index contributed by atoms with van der Waals surface area (Å²) in [6, 6.07) is 0.460. The Bertz CT molecular complexity index is 573. The number of nitrogens with zero attached hydrogens (tertiary/aromatic N) is 2. The summed E-state index contributed by atoms with van der Waals surface area (Å²) in [5, 5.41) is 19.3. The first-order chi connectivity index (χ1) is 9.41. The van der Waals surface area contributed by atoms with E-state index in [9.17, 15) is 19.8 Å². The van der Waals surface area contributed by atoms with Crippen molar-refractivity contribution in [2.24, 2.45) is 0 Å². The molecule has 1 aromatic heterocycles. The maximum atomic E-state index is 11.7. The third-order valence-electron chi connectivity index (χ3n) is 3.83. The molecule has 0 radical (unpaired) electrons. The van der Waals surface area contributed by atoms with E-state index in [0.717, 1.165) is 25.9 Å². The van der Waals surface area contributed by atoms with Crippen LogP contribution in [0.4, 0.5) is 0 Å². The maximum absolute atomic E-state index is 11.7. The Hall–Kier alpha value is -1.82. The molecule has 1 aliphatic rings. The molecule has 6 heteroatoms. The molecule has 2 heterocycles. The van der Waals surface area contributed by atoms with Crippen LogP contribution < -0.4 is 5.43 Å². The van der Waals surface area contributed by atoms with Crippen molar-refractivity contribution < 1.29 is 15.0 Å². The van der Waals surface area contributed by atoms with Crippen molar-refractivity contribution in [3.63, 3.8) is 0 Å². The van der Waals surface area contributed by atoms with Crippen molar-refractivity contribution in [1.29, 1.82) is 0 Å². The summed E-state index contributed by atoms with van der Waals surface area (Å²) in [4.78, 5) is 25.1. The highest BCUT2D eigenvalue weighted by atomic mass is 16.4. The molecule has 0 aliphatic carbocycles. The van der Waals surface area contributed by atoms with Gasteiger partial charge in [0.1, 0.15) is 6.04 Å². The smallest absolute Gasteiger partial charge is 0.326 e. The molecule has 1 atom stereocenters. The van der Waals surface area contributed by atoms with Gasteiger partial charge in [-0.3, -0.25) is 9.69 Å². The van der Waals surface area contributed by atoms with Crippen LogP contribution in [-0.4, -0.2) is 38.7 Å². The molecule has 1 saturated heterocycles. The number of carboxylic acids is 1. The Balaban J connectivity index is 2.49. The Kier molecular flexibility index (Phi) is 4.13. The molecule has 0 bridgehead atoms. The summed E-state index contributed by atoms with van der Waals surface area (Å²) in [5.41, 5.74) is 0.495. The van der Waals surface area contributed by atoms with E-state index >= 15 is 0 Å². The topological polar surface area (TPSA) is 82.8 Å². The fraction of sp³-hybridized carbons (Fsp3) is 0.571. The average Bonchev–Trinajstić information content (AvgIpc) is 2.88. The minimum absolute atomic E-state index is 0.337. The van der Waals surface area contributed by atoms with Crippen LogP contribution in [0.5, 0.6) is 5.75 Å².